The van der Waals surface area contributed by atoms with E-state index < -0.39 is 0 Å². The Morgan fingerprint density at radius 2 is 2.30 bits per heavy atom. The van der Waals surface area contributed by atoms with Crippen LogP contribution in [0.3, 0.4) is 0 Å². The van der Waals surface area contributed by atoms with Gasteiger partial charge in [-0.1, -0.05) is 23.2 Å². The van der Waals surface area contributed by atoms with E-state index in [9.17, 15) is 9.90 Å². The van der Waals surface area contributed by atoms with Gasteiger partial charge in [0, 0.05) is 11.6 Å². The summed E-state index contributed by atoms with van der Waals surface area (Å²) in [7, 11) is 0. The molecule has 0 saturated carbocycles. The van der Waals surface area contributed by atoms with Crippen LogP contribution >= 0.6 is 23.2 Å². The monoisotopic (exact) mass is 316 g/mol. The van der Waals surface area contributed by atoms with Gasteiger partial charge in [0.15, 0.2) is 0 Å². The minimum atomic E-state index is -0.328. The Kier molecular flexibility index (Phi) is 5.27. The highest BCUT2D eigenvalue weighted by molar-refractivity contribution is 6.35. The number of anilines is 1. The number of likely N-dealkylation sites (tertiary alicyclic amines) is 1. The van der Waals surface area contributed by atoms with E-state index in [2.05, 4.69) is 5.32 Å². The summed E-state index contributed by atoms with van der Waals surface area (Å²) < 4.78 is 0. The van der Waals surface area contributed by atoms with Crippen LogP contribution in [-0.2, 0) is 4.79 Å². The summed E-state index contributed by atoms with van der Waals surface area (Å²) in [5.74, 6) is 0.123. The maximum atomic E-state index is 12.0. The van der Waals surface area contributed by atoms with Gasteiger partial charge in [-0.2, -0.15) is 0 Å². The SMILES string of the molecule is CC(O)C1CCN(CC(=O)Nc2cc(Cl)ccc2Cl)C1. The van der Waals surface area contributed by atoms with Crippen molar-refractivity contribution in [3.05, 3.63) is 28.2 Å². The number of halogens is 2. The Hall–Kier alpha value is -0.810. The van der Waals surface area contributed by atoms with Gasteiger partial charge in [-0.25, -0.2) is 0 Å². The number of aliphatic hydroxyl groups is 1. The molecule has 1 aromatic rings. The van der Waals surface area contributed by atoms with Gasteiger partial charge in [-0.05, 0) is 44.0 Å². The lowest BCUT2D eigenvalue weighted by molar-refractivity contribution is -0.117. The van der Waals surface area contributed by atoms with Crippen molar-refractivity contribution in [1.82, 2.24) is 4.90 Å². The number of hydrogen-bond donors (Lipinski definition) is 2. The van der Waals surface area contributed by atoms with Crippen molar-refractivity contribution in [2.24, 2.45) is 5.92 Å². The summed E-state index contributed by atoms with van der Waals surface area (Å²) in [5.41, 5.74) is 0.524. The zero-order valence-electron chi connectivity index (χ0n) is 11.3. The van der Waals surface area contributed by atoms with Crippen LogP contribution in [0.5, 0.6) is 0 Å². The number of nitrogens with one attached hydrogen (secondary N) is 1. The highest BCUT2D eigenvalue weighted by atomic mass is 35.5. The molecule has 0 radical (unpaired) electrons. The van der Waals surface area contributed by atoms with E-state index in [1.165, 1.54) is 0 Å². The maximum absolute atomic E-state index is 12.0. The van der Waals surface area contributed by atoms with Crippen molar-refractivity contribution < 1.29 is 9.90 Å². The second kappa shape index (κ2) is 6.76. The fourth-order valence-corrected chi connectivity index (χ4v) is 2.72. The number of carbonyl (C=O) groups excluding carboxylic acids is 1. The molecule has 2 N–H and O–H groups in total. The quantitative estimate of drug-likeness (QED) is 0.897. The summed E-state index contributed by atoms with van der Waals surface area (Å²) in [6.45, 7) is 3.66. The molecular weight excluding hydrogens is 299 g/mol. The average molecular weight is 317 g/mol. The fourth-order valence-electron chi connectivity index (χ4n) is 2.39. The van der Waals surface area contributed by atoms with E-state index in [1.807, 2.05) is 4.90 Å². The smallest absolute Gasteiger partial charge is 0.238 e. The van der Waals surface area contributed by atoms with E-state index >= 15 is 0 Å². The van der Waals surface area contributed by atoms with Gasteiger partial charge in [-0.3, -0.25) is 9.69 Å². The fraction of sp³-hybridized carbons (Fsp3) is 0.500. The van der Waals surface area contributed by atoms with Gasteiger partial charge in [-0.15, -0.1) is 0 Å². The number of rotatable bonds is 4. The number of amides is 1. The molecule has 0 aromatic heterocycles. The zero-order chi connectivity index (χ0) is 14.7. The zero-order valence-corrected chi connectivity index (χ0v) is 12.8. The van der Waals surface area contributed by atoms with E-state index in [-0.39, 0.29) is 17.9 Å². The Morgan fingerprint density at radius 1 is 1.55 bits per heavy atom. The van der Waals surface area contributed by atoms with Crippen molar-refractivity contribution in [3.63, 3.8) is 0 Å². The first-order valence-electron chi connectivity index (χ1n) is 6.61. The number of hydrogen-bond acceptors (Lipinski definition) is 3. The van der Waals surface area contributed by atoms with Crippen LogP contribution in [0, 0.1) is 5.92 Å². The van der Waals surface area contributed by atoms with E-state index in [0.29, 0.717) is 22.3 Å². The van der Waals surface area contributed by atoms with Gasteiger partial charge in [0.2, 0.25) is 5.91 Å². The Morgan fingerprint density at radius 3 is 2.95 bits per heavy atom. The van der Waals surface area contributed by atoms with Gasteiger partial charge in [0.05, 0.1) is 23.4 Å². The summed E-state index contributed by atoms with van der Waals surface area (Å²) in [5, 5.41) is 13.3. The van der Waals surface area contributed by atoms with Crippen LogP contribution in [0.4, 0.5) is 5.69 Å². The van der Waals surface area contributed by atoms with Crippen LogP contribution in [-0.4, -0.2) is 41.7 Å². The van der Waals surface area contributed by atoms with Gasteiger partial charge < -0.3 is 10.4 Å². The van der Waals surface area contributed by atoms with Gasteiger partial charge >= 0.3 is 0 Å². The predicted molar refractivity (Wildman–Crippen MR) is 81.3 cm³/mol. The summed E-state index contributed by atoms with van der Waals surface area (Å²) >= 11 is 11.9. The largest absolute Gasteiger partial charge is 0.393 e. The van der Waals surface area contributed by atoms with Crippen LogP contribution in [0.1, 0.15) is 13.3 Å². The van der Waals surface area contributed by atoms with Gasteiger partial charge in [0.25, 0.3) is 0 Å². The molecule has 2 rings (SSSR count). The van der Waals surface area contributed by atoms with Crippen molar-refractivity contribution in [3.8, 4) is 0 Å². The number of carbonyl (C=O) groups is 1. The third-order valence-electron chi connectivity index (χ3n) is 3.56. The molecule has 110 valence electrons. The summed E-state index contributed by atoms with van der Waals surface area (Å²) in [4.78, 5) is 14.0. The molecular formula is C14H18Cl2N2O2. The number of aliphatic hydroxyl groups excluding tert-OH is 1. The van der Waals surface area contributed by atoms with Crippen molar-refractivity contribution in [2.75, 3.05) is 25.0 Å². The minimum Gasteiger partial charge on any atom is -0.393 e. The molecule has 1 fully saturated rings. The standard InChI is InChI=1S/C14H18Cl2N2O2/c1-9(19)10-4-5-18(7-10)8-14(20)17-13-6-11(15)2-3-12(13)16/h2-3,6,9-10,19H,4-5,7-8H2,1H3,(H,17,20). The second-order valence-corrected chi connectivity index (χ2v) is 6.04. The highest BCUT2D eigenvalue weighted by Gasteiger charge is 2.27. The van der Waals surface area contributed by atoms with E-state index in [4.69, 9.17) is 23.2 Å². The lowest BCUT2D eigenvalue weighted by Crippen LogP contribution is -2.32. The molecule has 1 amide bonds. The van der Waals surface area contributed by atoms with Crippen LogP contribution in [0.15, 0.2) is 18.2 Å². The molecule has 2 unspecified atom stereocenters. The first-order valence-corrected chi connectivity index (χ1v) is 7.36. The lowest BCUT2D eigenvalue weighted by Gasteiger charge is -2.17. The topological polar surface area (TPSA) is 52.6 Å². The van der Waals surface area contributed by atoms with Crippen LogP contribution in [0.2, 0.25) is 10.0 Å². The van der Waals surface area contributed by atoms with E-state index in [0.717, 1.165) is 19.5 Å². The third-order valence-corrected chi connectivity index (χ3v) is 4.13. The summed E-state index contributed by atoms with van der Waals surface area (Å²) in [6, 6.07) is 4.95. The molecule has 1 aliphatic rings. The molecule has 4 nitrogen and oxygen atoms in total. The first kappa shape index (κ1) is 15.6. The van der Waals surface area contributed by atoms with Crippen molar-refractivity contribution in [2.45, 2.75) is 19.4 Å². The van der Waals surface area contributed by atoms with Gasteiger partial charge in [0.1, 0.15) is 0 Å². The maximum Gasteiger partial charge on any atom is 0.238 e. The molecule has 0 aliphatic carbocycles. The Bertz CT molecular complexity index is 494. The van der Waals surface area contributed by atoms with Crippen LogP contribution < -0.4 is 5.32 Å². The molecule has 0 spiro atoms. The molecule has 6 heteroatoms. The number of benzene rings is 1. The summed E-state index contributed by atoms with van der Waals surface area (Å²) in [6.07, 6.45) is 0.591. The Balaban J connectivity index is 1.88. The van der Waals surface area contributed by atoms with Crippen molar-refractivity contribution in [1.29, 1.82) is 0 Å². The molecule has 1 aliphatic heterocycles. The highest BCUT2D eigenvalue weighted by Crippen LogP contribution is 2.25. The third kappa shape index (κ3) is 4.09. The van der Waals surface area contributed by atoms with Crippen molar-refractivity contribution >= 4 is 34.8 Å². The van der Waals surface area contributed by atoms with Crippen LogP contribution in [0.25, 0.3) is 0 Å². The lowest BCUT2D eigenvalue weighted by atomic mass is 10.0. The molecule has 1 saturated heterocycles. The Labute approximate surface area is 128 Å². The second-order valence-electron chi connectivity index (χ2n) is 5.20. The minimum absolute atomic E-state index is 0.125. The average Bonchev–Trinajstić information content (AvgIpc) is 2.82. The molecule has 20 heavy (non-hydrogen) atoms. The predicted octanol–water partition coefficient (Wildman–Crippen LogP) is 2.63. The molecule has 0 bridgehead atoms. The van der Waals surface area contributed by atoms with E-state index in [1.54, 1.807) is 25.1 Å². The molecule has 2 atom stereocenters. The normalized spacial score (nSPS) is 20.9. The first-order chi connectivity index (χ1) is 9.45. The molecule has 1 aromatic carbocycles. The number of nitrogens with zero attached hydrogens (tertiary/aromatic N) is 1. The molecule has 1 heterocycles.